The van der Waals surface area contributed by atoms with Crippen LogP contribution in [0.1, 0.15) is 25.5 Å². The SMILES string of the molecule is CC1(C)CNC(c2ccccc2)CN1CCSC(F)(F)F. The van der Waals surface area contributed by atoms with Crippen LogP contribution in [0.15, 0.2) is 30.3 Å². The van der Waals surface area contributed by atoms with E-state index >= 15 is 0 Å². The van der Waals surface area contributed by atoms with Gasteiger partial charge in [0, 0.05) is 37.0 Å². The van der Waals surface area contributed by atoms with Crippen LogP contribution < -0.4 is 5.32 Å². The van der Waals surface area contributed by atoms with Crippen molar-refractivity contribution < 1.29 is 13.2 Å². The molecule has 1 N–H and O–H groups in total. The molecule has 118 valence electrons. The first-order chi connectivity index (χ1) is 9.78. The minimum Gasteiger partial charge on any atom is -0.307 e. The molecule has 0 amide bonds. The summed E-state index contributed by atoms with van der Waals surface area (Å²) in [5, 5.41) is 3.49. The van der Waals surface area contributed by atoms with E-state index in [-0.39, 0.29) is 29.1 Å². The molecule has 1 aliphatic heterocycles. The molecule has 1 aromatic rings. The van der Waals surface area contributed by atoms with Gasteiger partial charge in [0.05, 0.1) is 0 Å². The van der Waals surface area contributed by atoms with E-state index in [0.29, 0.717) is 6.54 Å². The molecular weight excluding hydrogens is 297 g/mol. The lowest BCUT2D eigenvalue weighted by Gasteiger charge is -2.46. The van der Waals surface area contributed by atoms with E-state index in [0.717, 1.165) is 13.1 Å². The highest BCUT2D eigenvalue weighted by atomic mass is 32.2. The molecule has 6 heteroatoms. The molecule has 0 spiro atoms. The molecule has 1 aliphatic rings. The summed E-state index contributed by atoms with van der Waals surface area (Å²) in [4.78, 5) is 2.15. The van der Waals surface area contributed by atoms with Gasteiger partial charge in [-0.2, -0.15) is 13.2 Å². The van der Waals surface area contributed by atoms with Gasteiger partial charge in [0.25, 0.3) is 0 Å². The average Bonchev–Trinajstić information content (AvgIpc) is 2.40. The van der Waals surface area contributed by atoms with E-state index in [4.69, 9.17) is 0 Å². The van der Waals surface area contributed by atoms with Crippen LogP contribution >= 0.6 is 11.8 Å². The van der Waals surface area contributed by atoms with E-state index in [9.17, 15) is 13.2 Å². The molecule has 1 saturated heterocycles. The molecule has 0 bridgehead atoms. The normalized spacial score (nSPS) is 23.2. The number of nitrogens with zero attached hydrogens (tertiary/aromatic N) is 1. The highest BCUT2D eigenvalue weighted by Crippen LogP contribution is 2.31. The summed E-state index contributed by atoms with van der Waals surface area (Å²) in [6.45, 7) is 6.08. The standard InChI is InChI=1S/C15H21F3N2S/c1-14(2)11-19-13(12-6-4-3-5-7-12)10-20(14)8-9-21-15(16,17)18/h3-7,13,19H,8-11H2,1-2H3. The van der Waals surface area contributed by atoms with Crippen LogP contribution in [0.25, 0.3) is 0 Å². The molecule has 1 heterocycles. The summed E-state index contributed by atoms with van der Waals surface area (Å²) in [6.07, 6.45) is 0. The van der Waals surface area contributed by atoms with Gasteiger partial charge in [0.1, 0.15) is 0 Å². The van der Waals surface area contributed by atoms with Crippen molar-refractivity contribution in [2.24, 2.45) is 0 Å². The molecule has 0 radical (unpaired) electrons. The second-order valence-corrected chi connectivity index (χ2v) is 7.06. The Hall–Kier alpha value is -0.720. The Morgan fingerprint density at radius 1 is 1.29 bits per heavy atom. The van der Waals surface area contributed by atoms with Crippen molar-refractivity contribution >= 4 is 11.8 Å². The predicted molar refractivity (Wildman–Crippen MR) is 81.4 cm³/mol. The molecule has 1 aromatic carbocycles. The Kier molecular flexibility index (Phi) is 5.22. The summed E-state index contributed by atoms with van der Waals surface area (Å²) in [6, 6.07) is 10.2. The fourth-order valence-electron chi connectivity index (χ4n) is 2.59. The highest BCUT2D eigenvalue weighted by Gasteiger charge is 2.35. The van der Waals surface area contributed by atoms with Gasteiger partial charge in [-0.05, 0) is 31.2 Å². The summed E-state index contributed by atoms with van der Waals surface area (Å²) in [7, 11) is 0. The van der Waals surface area contributed by atoms with E-state index in [2.05, 4.69) is 36.2 Å². The number of hydrogen-bond donors (Lipinski definition) is 1. The van der Waals surface area contributed by atoms with Gasteiger partial charge in [-0.1, -0.05) is 30.3 Å². The quantitative estimate of drug-likeness (QED) is 0.912. The number of alkyl halides is 3. The van der Waals surface area contributed by atoms with Gasteiger partial charge in [-0.3, -0.25) is 4.90 Å². The zero-order chi connectivity index (χ0) is 15.5. The Balaban J connectivity index is 1.97. The first-order valence-corrected chi connectivity index (χ1v) is 8.00. The van der Waals surface area contributed by atoms with Gasteiger partial charge < -0.3 is 5.32 Å². The number of nitrogens with one attached hydrogen (secondary N) is 1. The van der Waals surface area contributed by atoms with Crippen molar-refractivity contribution in [1.82, 2.24) is 10.2 Å². The molecule has 21 heavy (non-hydrogen) atoms. The summed E-state index contributed by atoms with van der Waals surface area (Å²) >= 11 is 0.0629. The van der Waals surface area contributed by atoms with E-state index in [1.807, 2.05) is 18.2 Å². The monoisotopic (exact) mass is 318 g/mol. The average molecular weight is 318 g/mol. The number of thioether (sulfide) groups is 1. The third kappa shape index (κ3) is 4.90. The second-order valence-electron chi connectivity index (χ2n) is 5.90. The zero-order valence-corrected chi connectivity index (χ0v) is 13.1. The Labute approximate surface area is 128 Å². The molecule has 2 rings (SSSR count). The van der Waals surface area contributed by atoms with Gasteiger partial charge in [0.2, 0.25) is 0 Å². The topological polar surface area (TPSA) is 15.3 Å². The maximum atomic E-state index is 12.3. The largest absolute Gasteiger partial charge is 0.441 e. The lowest BCUT2D eigenvalue weighted by molar-refractivity contribution is -0.0331. The molecule has 1 unspecified atom stereocenters. The molecule has 0 aliphatic carbocycles. The molecule has 2 nitrogen and oxygen atoms in total. The van der Waals surface area contributed by atoms with Crippen LogP contribution in [0, 0.1) is 0 Å². The maximum Gasteiger partial charge on any atom is 0.441 e. The highest BCUT2D eigenvalue weighted by molar-refractivity contribution is 8.00. The number of piperazine rings is 1. The maximum absolute atomic E-state index is 12.3. The molecular formula is C15H21F3N2S. The third-order valence-corrected chi connectivity index (χ3v) is 4.58. The second kappa shape index (κ2) is 6.58. The Morgan fingerprint density at radius 3 is 2.57 bits per heavy atom. The van der Waals surface area contributed by atoms with Crippen molar-refractivity contribution in [3.63, 3.8) is 0 Å². The minimum absolute atomic E-state index is 0.0629. The summed E-state index contributed by atoms with van der Waals surface area (Å²) < 4.78 is 36.8. The number of hydrogen-bond acceptors (Lipinski definition) is 3. The van der Waals surface area contributed by atoms with Gasteiger partial charge >= 0.3 is 5.51 Å². The summed E-state index contributed by atoms with van der Waals surface area (Å²) in [5.41, 5.74) is -3.09. The first-order valence-electron chi connectivity index (χ1n) is 7.02. The molecule has 1 fully saturated rings. The zero-order valence-electron chi connectivity index (χ0n) is 12.3. The lowest BCUT2D eigenvalue weighted by atomic mass is 9.94. The van der Waals surface area contributed by atoms with Crippen molar-refractivity contribution in [3.8, 4) is 0 Å². The van der Waals surface area contributed by atoms with Crippen LogP contribution in [0.5, 0.6) is 0 Å². The van der Waals surface area contributed by atoms with Crippen molar-refractivity contribution in [3.05, 3.63) is 35.9 Å². The predicted octanol–water partition coefficient (Wildman–Crippen LogP) is 3.66. The molecule has 0 aromatic heterocycles. The van der Waals surface area contributed by atoms with E-state index in [1.54, 1.807) is 0 Å². The Morgan fingerprint density at radius 2 is 1.95 bits per heavy atom. The Bertz CT molecular complexity index is 448. The van der Waals surface area contributed by atoms with Gasteiger partial charge in [-0.25, -0.2) is 0 Å². The number of rotatable bonds is 4. The van der Waals surface area contributed by atoms with Crippen molar-refractivity contribution in [1.29, 1.82) is 0 Å². The van der Waals surface area contributed by atoms with Gasteiger partial charge in [0.15, 0.2) is 0 Å². The smallest absolute Gasteiger partial charge is 0.307 e. The van der Waals surface area contributed by atoms with E-state index < -0.39 is 5.51 Å². The fourth-order valence-corrected chi connectivity index (χ4v) is 3.13. The minimum atomic E-state index is -4.14. The van der Waals surface area contributed by atoms with Crippen molar-refractivity contribution in [2.75, 3.05) is 25.4 Å². The van der Waals surface area contributed by atoms with Crippen LogP contribution in [-0.2, 0) is 0 Å². The van der Waals surface area contributed by atoms with Crippen LogP contribution in [0.4, 0.5) is 13.2 Å². The number of benzene rings is 1. The lowest BCUT2D eigenvalue weighted by Crippen LogP contribution is -2.59. The summed E-state index contributed by atoms with van der Waals surface area (Å²) in [5.74, 6) is 0.0778. The molecule has 0 saturated carbocycles. The van der Waals surface area contributed by atoms with Crippen LogP contribution in [-0.4, -0.2) is 41.3 Å². The van der Waals surface area contributed by atoms with Crippen LogP contribution in [0.3, 0.4) is 0 Å². The fraction of sp³-hybridized carbons (Fsp3) is 0.600. The molecule has 1 atom stereocenters. The van der Waals surface area contributed by atoms with Gasteiger partial charge in [-0.15, -0.1) is 0 Å². The van der Waals surface area contributed by atoms with Crippen molar-refractivity contribution in [2.45, 2.75) is 30.9 Å². The van der Waals surface area contributed by atoms with Crippen LogP contribution in [0.2, 0.25) is 0 Å². The number of halogens is 3. The van der Waals surface area contributed by atoms with E-state index in [1.165, 1.54) is 5.56 Å². The third-order valence-electron chi connectivity index (χ3n) is 3.87. The first kappa shape index (κ1) is 16.6.